The van der Waals surface area contributed by atoms with Gasteiger partial charge in [-0.2, -0.15) is 0 Å². The molecular weight excluding hydrogens is 462 g/mol. The third-order valence-corrected chi connectivity index (χ3v) is 6.44. The highest BCUT2D eigenvalue weighted by molar-refractivity contribution is 9.10. The highest BCUT2D eigenvalue weighted by atomic mass is 79.9. The highest BCUT2D eigenvalue weighted by Crippen LogP contribution is 2.28. The van der Waals surface area contributed by atoms with Gasteiger partial charge in [-0.3, -0.25) is 14.6 Å². The topological polar surface area (TPSA) is 62.3 Å². The van der Waals surface area contributed by atoms with Gasteiger partial charge >= 0.3 is 0 Å². The lowest BCUT2D eigenvalue weighted by Gasteiger charge is -2.17. The number of amides is 2. The molecule has 0 bridgehead atoms. The van der Waals surface area contributed by atoms with Gasteiger partial charge in [-0.05, 0) is 54.1 Å². The van der Waals surface area contributed by atoms with E-state index >= 15 is 0 Å². The first-order valence-electron chi connectivity index (χ1n) is 9.57. The van der Waals surface area contributed by atoms with Crippen molar-refractivity contribution in [2.45, 2.75) is 17.1 Å². The molecule has 2 aromatic carbocycles. The number of nitrogens with one attached hydrogen (secondary N) is 1. The van der Waals surface area contributed by atoms with E-state index in [0.29, 0.717) is 6.54 Å². The van der Waals surface area contributed by atoms with Crippen molar-refractivity contribution in [2.75, 3.05) is 16.8 Å². The largest absolute Gasteiger partial charge is 0.326 e. The Hall–Kier alpha value is -2.64. The fraction of sp³-hybridized carbons (Fsp3) is 0.174. The molecule has 30 heavy (non-hydrogen) atoms. The zero-order valence-electron chi connectivity index (χ0n) is 16.1. The molecule has 2 amide bonds. The summed E-state index contributed by atoms with van der Waals surface area (Å²) < 4.78 is 0.905. The van der Waals surface area contributed by atoms with Crippen LogP contribution in [0.1, 0.15) is 12.0 Å². The number of rotatable bonds is 6. The maximum absolute atomic E-state index is 12.7. The summed E-state index contributed by atoms with van der Waals surface area (Å²) in [7, 11) is 0. The minimum absolute atomic E-state index is 0.0320. The van der Waals surface area contributed by atoms with Gasteiger partial charge in [-0.25, -0.2) is 0 Å². The molecule has 1 aliphatic rings. The summed E-state index contributed by atoms with van der Waals surface area (Å²) >= 11 is 5.14. The van der Waals surface area contributed by atoms with E-state index in [-0.39, 0.29) is 24.2 Å². The normalized spacial score (nSPS) is 16.0. The van der Waals surface area contributed by atoms with Crippen molar-refractivity contribution in [3.8, 4) is 0 Å². The van der Waals surface area contributed by atoms with Gasteiger partial charge in [0.05, 0.1) is 5.92 Å². The van der Waals surface area contributed by atoms with E-state index in [2.05, 4.69) is 32.3 Å². The van der Waals surface area contributed by atoms with Crippen LogP contribution in [0, 0.1) is 5.92 Å². The molecule has 7 heteroatoms. The van der Waals surface area contributed by atoms with Crippen LogP contribution in [0.5, 0.6) is 0 Å². The molecule has 1 aromatic heterocycles. The molecule has 1 unspecified atom stereocenters. The molecule has 1 fully saturated rings. The first kappa shape index (κ1) is 20.6. The molecular formula is C23H20BrN3O2S. The maximum atomic E-state index is 12.7. The second kappa shape index (κ2) is 9.45. The van der Waals surface area contributed by atoms with Crippen LogP contribution < -0.4 is 10.2 Å². The Morgan fingerprint density at radius 1 is 1.17 bits per heavy atom. The fourth-order valence-corrected chi connectivity index (χ4v) is 4.53. The van der Waals surface area contributed by atoms with E-state index in [1.807, 2.05) is 60.8 Å². The average molecular weight is 482 g/mol. The second-order valence-electron chi connectivity index (χ2n) is 7.05. The Balaban J connectivity index is 1.33. The van der Waals surface area contributed by atoms with Crippen LogP contribution in [0.3, 0.4) is 0 Å². The van der Waals surface area contributed by atoms with Crippen LogP contribution in [0.4, 0.5) is 11.4 Å². The van der Waals surface area contributed by atoms with Gasteiger partial charge < -0.3 is 10.2 Å². The van der Waals surface area contributed by atoms with E-state index in [1.165, 1.54) is 5.56 Å². The summed E-state index contributed by atoms with van der Waals surface area (Å²) in [6, 6.07) is 19.3. The predicted molar refractivity (Wildman–Crippen MR) is 123 cm³/mol. The molecule has 0 spiro atoms. The minimum Gasteiger partial charge on any atom is -0.326 e. The summed E-state index contributed by atoms with van der Waals surface area (Å²) in [5, 5.41) is 2.94. The third kappa shape index (κ3) is 5.09. The van der Waals surface area contributed by atoms with Gasteiger partial charge in [0.1, 0.15) is 0 Å². The van der Waals surface area contributed by atoms with Crippen molar-refractivity contribution in [1.29, 1.82) is 0 Å². The van der Waals surface area contributed by atoms with Gasteiger partial charge in [0.15, 0.2) is 0 Å². The molecule has 2 heterocycles. The van der Waals surface area contributed by atoms with Gasteiger partial charge in [0, 0.05) is 51.9 Å². The molecule has 0 aliphatic carbocycles. The van der Waals surface area contributed by atoms with Gasteiger partial charge in [-0.15, -0.1) is 11.8 Å². The fourth-order valence-electron chi connectivity index (χ4n) is 3.31. The molecule has 5 nitrogen and oxygen atoms in total. The van der Waals surface area contributed by atoms with E-state index < -0.39 is 0 Å². The quantitative estimate of drug-likeness (QED) is 0.495. The van der Waals surface area contributed by atoms with Crippen molar-refractivity contribution in [2.24, 2.45) is 5.92 Å². The van der Waals surface area contributed by atoms with E-state index in [1.54, 1.807) is 22.9 Å². The van der Waals surface area contributed by atoms with Crippen LogP contribution in [-0.4, -0.2) is 23.3 Å². The van der Waals surface area contributed by atoms with E-state index in [4.69, 9.17) is 0 Å². The number of pyridine rings is 1. The molecule has 1 saturated heterocycles. The summed E-state index contributed by atoms with van der Waals surface area (Å²) in [5.74, 6) is 0.318. The van der Waals surface area contributed by atoms with Crippen LogP contribution in [-0.2, 0) is 15.3 Å². The number of hydrogen-bond acceptors (Lipinski definition) is 4. The maximum Gasteiger partial charge on any atom is 0.229 e. The summed E-state index contributed by atoms with van der Waals surface area (Å²) in [5.41, 5.74) is 2.71. The molecule has 0 radical (unpaired) electrons. The SMILES string of the molecule is O=C(Nc1ccc(SCc2cccnc2)cc1)C1CC(=O)N(c2cccc(Br)c2)C1. The van der Waals surface area contributed by atoms with Gasteiger partial charge in [0.2, 0.25) is 11.8 Å². The molecule has 0 saturated carbocycles. The van der Waals surface area contributed by atoms with Crippen molar-refractivity contribution in [3.63, 3.8) is 0 Å². The summed E-state index contributed by atoms with van der Waals surface area (Å²) in [6.45, 7) is 0.389. The minimum atomic E-state index is -0.365. The van der Waals surface area contributed by atoms with Gasteiger partial charge in [0.25, 0.3) is 0 Å². The van der Waals surface area contributed by atoms with Crippen LogP contribution >= 0.6 is 27.7 Å². The number of carbonyl (C=O) groups excluding carboxylic acids is 2. The number of carbonyl (C=O) groups is 2. The third-order valence-electron chi connectivity index (χ3n) is 4.87. The number of anilines is 2. The van der Waals surface area contributed by atoms with E-state index in [0.717, 1.165) is 26.5 Å². The monoisotopic (exact) mass is 481 g/mol. The first-order valence-corrected chi connectivity index (χ1v) is 11.3. The number of nitrogens with zero attached hydrogens (tertiary/aromatic N) is 2. The average Bonchev–Trinajstić information content (AvgIpc) is 3.16. The van der Waals surface area contributed by atoms with Crippen molar-refractivity contribution in [3.05, 3.63) is 83.1 Å². The molecule has 4 rings (SSSR count). The summed E-state index contributed by atoms with van der Waals surface area (Å²) in [4.78, 5) is 32.0. The van der Waals surface area contributed by atoms with Crippen LogP contribution in [0.15, 0.2) is 82.4 Å². The van der Waals surface area contributed by atoms with Crippen molar-refractivity contribution in [1.82, 2.24) is 4.98 Å². The van der Waals surface area contributed by atoms with Crippen molar-refractivity contribution >= 4 is 50.9 Å². The van der Waals surface area contributed by atoms with Gasteiger partial charge in [-0.1, -0.05) is 28.1 Å². The highest BCUT2D eigenvalue weighted by Gasteiger charge is 2.35. The Labute approximate surface area is 188 Å². The summed E-state index contributed by atoms with van der Waals surface area (Å²) in [6.07, 6.45) is 3.85. The molecule has 152 valence electrons. The predicted octanol–water partition coefficient (Wildman–Crippen LogP) is 5.13. The molecule has 1 N–H and O–H groups in total. The zero-order valence-corrected chi connectivity index (χ0v) is 18.5. The number of thioether (sulfide) groups is 1. The second-order valence-corrected chi connectivity index (χ2v) is 9.01. The van der Waals surface area contributed by atoms with Crippen LogP contribution in [0.25, 0.3) is 0 Å². The molecule has 1 aliphatic heterocycles. The molecule has 3 aromatic rings. The number of halogens is 1. The Morgan fingerprint density at radius 2 is 2.00 bits per heavy atom. The number of hydrogen-bond donors (Lipinski definition) is 1. The number of benzene rings is 2. The zero-order chi connectivity index (χ0) is 20.9. The number of aromatic nitrogens is 1. The molecule has 1 atom stereocenters. The standard InChI is InChI=1S/C23H20BrN3O2S/c24-18-4-1-5-20(12-18)27-14-17(11-22(27)28)23(29)26-19-6-8-21(9-7-19)30-15-16-3-2-10-25-13-16/h1-10,12-13,17H,11,14-15H2,(H,26,29). The Kier molecular flexibility index (Phi) is 6.50. The lowest BCUT2D eigenvalue weighted by Crippen LogP contribution is -2.28. The van der Waals surface area contributed by atoms with E-state index in [9.17, 15) is 9.59 Å². The Bertz CT molecular complexity index is 1040. The first-order chi connectivity index (χ1) is 14.6. The smallest absolute Gasteiger partial charge is 0.229 e. The Morgan fingerprint density at radius 3 is 2.73 bits per heavy atom. The van der Waals surface area contributed by atoms with Crippen molar-refractivity contribution < 1.29 is 9.59 Å². The lowest BCUT2D eigenvalue weighted by molar-refractivity contribution is -0.122. The van der Waals surface area contributed by atoms with Crippen LogP contribution in [0.2, 0.25) is 0 Å². The lowest BCUT2D eigenvalue weighted by atomic mass is 10.1.